The summed E-state index contributed by atoms with van der Waals surface area (Å²) in [5, 5.41) is 0. The van der Waals surface area contributed by atoms with Gasteiger partial charge in [-0.1, -0.05) is 13.8 Å². The molecule has 1 aliphatic heterocycles. The second-order valence-corrected chi connectivity index (χ2v) is 8.24. The van der Waals surface area contributed by atoms with Crippen molar-refractivity contribution in [3.63, 3.8) is 0 Å². The van der Waals surface area contributed by atoms with Gasteiger partial charge in [-0.3, -0.25) is 14.5 Å². The zero-order valence-corrected chi connectivity index (χ0v) is 16.5. The largest absolute Gasteiger partial charge is 0.382 e. The predicted octanol–water partition coefficient (Wildman–Crippen LogP) is 3.41. The normalized spacial score (nSPS) is 19.7. The molecule has 24 heavy (non-hydrogen) atoms. The van der Waals surface area contributed by atoms with Crippen LogP contribution in [-0.2, 0) is 19.1 Å². The average Bonchev–Trinajstić information content (AvgIpc) is 2.74. The minimum Gasteiger partial charge on any atom is -0.382 e. The third-order valence-electron chi connectivity index (χ3n) is 4.85. The minimum absolute atomic E-state index is 0.0318. The monoisotopic (exact) mass is 341 g/mol. The molecule has 0 aromatic rings. The van der Waals surface area contributed by atoms with E-state index in [1.165, 1.54) is 4.90 Å². The van der Waals surface area contributed by atoms with Gasteiger partial charge in [0.25, 0.3) is 0 Å². The Morgan fingerprint density at radius 1 is 1.12 bits per heavy atom. The van der Waals surface area contributed by atoms with Crippen LogP contribution in [0.2, 0.25) is 0 Å². The fraction of sp³-hybridized carbons (Fsp3) is 0.895. The van der Waals surface area contributed by atoms with E-state index < -0.39 is 5.54 Å². The predicted molar refractivity (Wildman–Crippen MR) is 94.6 cm³/mol. The third kappa shape index (κ3) is 5.55. The van der Waals surface area contributed by atoms with Gasteiger partial charge in [0, 0.05) is 37.7 Å². The van der Waals surface area contributed by atoms with Crippen molar-refractivity contribution >= 4 is 11.8 Å². The van der Waals surface area contributed by atoms with Crippen molar-refractivity contribution in [2.45, 2.75) is 78.9 Å². The fourth-order valence-corrected chi connectivity index (χ4v) is 3.04. The van der Waals surface area contributed by atoms with E-state index in [2.05, 4.69) is 0 Å². The number of likely N-dealkylation sites (tertiary alicyclic amines) is 1. The summed E-state index contributed by atoms with van der Waals surface area (Å²) in [6, 6.07) is 0. The van der Waals surface area contributed by atoms with Crippen molar-refractivity contribution in [2.75, 3.05) is 19.8 Å². The Balaban J connectivity index is 2.57. The maximum absolute atomic E-state index is 12.6. The maximum Gasteiger partial charge on any atom is 0.233 e. The summed E-state index contributed by atoms with van der Waals surface area (Å²) in [7, 11) is 0. The Morgan fingerprint density at radius 3 is 2.25 bits per heavy atom. The van der Waals surface area contributed by atoms with Gasteiger partial charge in [-0.05, 0) is 53.4 Å². The summed E-state index contributed by atoms with van der Waals surface area (Å²) in [5.74, 6) is -0.0776. The van der Waals surface area contributed by atoms with Gasteiger partial charge in [0.05, 0.1) is 5.60 Å². The standard InChI is InChI=1S/C19H35NO4/c1-8-23-11-10-19(6,7)24-12-9-18(4,5)20-16(21)13-15(14(2)3)17(20)22/h14-15H,8-13H2,1-7H3. The lowest BCUT2D eigenvalue weighted by molar-refractivity contribution is -0.147. The lowest BCUT2D eigenvalue weighted by atomic mass is 9.93. The molecule has 0 bridgehead atoms. The second kappa shape index (κ2) is 8.43. The Labute approximate surface area is 147 Å². The molecule has 0 radical (unpaired) electrons. The number of ether oxygens (including phenoxy) is 2. The molecule has 2 amide bonds. The first-order valence-electron chi connectivity index (χ1n) is 9.10. The Morgan fingerprint density at radius 2 is 1.75 bits per heavy atom. The fourth-order valence-electron chi connectivity index (χ4n) is 3.04. The van der Waals surface area contributed by atoms with E-state index >= 15 is 0 Å². The van der Waals surface area contributed by atoms with E-state index in [0.29, 0.717) is 32.7 Å². The first-order valence-corrected chi connectivity index (χ1v) is 9.10. The van der Waals surface area contributed by atoms with Crippen LogP contribution < -0.4 is 0 Å². The summed E-state index contributed by atoms with van der Waals surface area (Å²) in [6.45, 7) is 15.8. The van der Waals surface area contributed by atoms with E-state index in [1.807, 2.05) is 48.5 Å². The van der Waals surface area contributed by atoms with Gasteiger partial charge in [-0.25, -0.2) is 0 Å². The molecule has 0 N–H and O–H groups in total. The van der Waals surface area contributed by atoms with E-state index in [-0.39, 0.29) is 29.3 Å². The lowest BCUT2D eigenvalue weighted by Crippen LogP contribution is -2.49. The first kappa shape index (κ1) is 21.1. The summed E-state index contributed by atoms with van der Waals surface area (Å²) < 4.78 is 11.4. The molecular weight excluding hydrogens is 306 g/mol. The second-order valence-electron chi connectivity index (χ2n) is 8.24. The topological polar surface area (TPSA) is 55.8 Å². The van der Waals surface area contributed by atoms with E-state index in [9.17, 15) is 9.59 Å². The molecule has 1 saturated heterocycles. The molecule has 0 aromatic heterocycles. The van der Waals surface area contributed by atoms with Crippen LogP contribution in [0.1, 0.15) is 67.7 Å². The lowest BCUT2D eigenvalue weighted by Gasteiger charge is -2.35. The highest BCUT2D eigenvalue weighted by Gasteiger charge is 2.46. The van der Waals surface area contributed by atoms with Gasteiger partial charge in [-0.15, -0.1) is 0 Å². The zero-order chi connectivity index (χ0) is 18.5. The number of rotatable bonds is 10. The van der Waals surface area contributed by atoms with Gasteiger partial charge >= 0.3 is 0 Å². The van der Waals surface area contributed by atoms with Crippen LogP contribution in [0, 0.1) is 11.8 Å². The highest BCUT2D eigenvalue weighted by Crippen LogP contribution is 2.33. The number of amides is 2. The minimum atomic E-state index is -0.520. The van der Waals surface area contributed by atoms with Crippen LogP contribution in [0.3, 0.4) is 0 Å². The summed E-state index contributed by atoms with van der Waals surface area (Å²) in [6.07, 6.45) is 1.78. The molecule has 1 heterocycles. The van der Waals surface area contributed by atoms with Crippen LogP contribution in [0.4, 0.5) is 0 Å². The number of hydrogen-bond donors (Lipinski definition) is 0. The Kier molecular flexibility index (Phi) is 7.42. The third-order valence-corrected chi connectivity index (χ3v) is 4.85. The summed E-state index contributed by atoms with van der Waals surface area (Å²) >= 11 is 0. The molecule has 5 nitrogen and oxygen atoms in total. The van der Waals surface area contributed by atoms with Crippen LogP contribution in [0.5, 0.6) is 0 Å². The number of hydrogen-bond acceptors (Lipinski definition) is 4. The van der Waals surface area contributed by atoms with Crippen molar-refractivity contribution in [2.24, 2.45) is 11.8 Å². The highest BCUT2D eigenvalue weighted by atomic mass is 16.5. The molecule has 0 aromatic carbocycles. The SMILES string of the molecule is CCOCCC(C)(C)OCCC(C)(C)N1C(=O)CC(C(C)C)C1=O. The molecule has 1 aliphatic rings. The molecular formula is C19H35NO4. The van der Waals surface area contributed by atoms with Gasteiger partial charge in [0.1, 0.15) is 0 Å². The highest BCUT2D eigenvalue weighted by molar-refractivity contribution is 6.04. The molecule has 0 saturated carbocycles. The molecule has 0 spiro atoms. The van der Waals surface area contributed by atoms with Crippen LogP contribution in [0.15, 0.2) is 0 Å². The molecule has 1 unspecified atom stereocenters. The van der Waals surface area contributed by atoms with E-state index in [1.54, 1.807) is 0 Å². The molecule has 140 valence electrons. The van der Waals surface area contributed by atoms with Gasteiger partial charge in [0.2, 0.25) is 11.8 Å². The zero-order valence-electron chi connectivity index (χ0n) is 16.5. The van der Waals surface area contributed by atoms with Crippen molar-refractivity contribution in [3.8, 4) is 0 Å². The van der Waals surface area contributed by atoms with Crippen molar-refractivity contribution in [1.82, 2.24) is 4.90 Å². The molecule has 1 atom stereocenters. The van der Waals surface area contributed by atoms with Crippen LogP contribution in [-0.4, -0.2) is 47.7 Å². The Bertz CT molecular complexity index is 443. The average molecular weight is 341 g/mol. The van der Waals surface area contributed by atoms with Gasteiger partial charge < -0.3 is 9.47 Å². The number of carbonyl (C=O) groups excluding carboxylic acids is 2. The summed E-state index contributed by atoms with van der Waals surface area (Å²) in [5.41, 5.74) is -0.793. The van der Waals surface area contributed by atoms with Gasteiger partial charge in [-0.2, -0.15) is 0 Å². The quantitative estimate of drug-likeness (QED) is 0.451. The van der Waals surface area contributed by atoms with Crippen LogP contribution >= 0.6 is 0 Å². The molecule has 0 aliphatic carbocycles. The van der Waals surface area contributed by atoms with Crippen molar-refractivity contribution in [1.29, 1.82) is 0 Å². The van der Waals surface area contributed by atoms with Crippen LogP contribution in [0.25, 0.3) is 0 Å². The molecule has 1 rings (SSSR count). The smallest absolute Gasteiger partial charge is 0.233 e. The Hall–Kier alpha value is -0.940. The van der Waals surface area contributed by atoms with Gasteiger partial charge in [0.15, 0.2) is 0 Å². The van der Waals surface area contributed by atoms with Crippen molar-refractivity contribution < 1.29 is 19.1 Å². The maximum atomic E-state index is 12.6. The number of nitrogens with zero attached hydrogens (tertiary/aromatic N) is 1. The molecule has 5 heteroatoms. The molecule has 1 fully saturated rings. The number of imide groups is 1. The first-order chi connectivity index (χ1) is 11.0. The van der Waals surface area contributed by atoms with E-state index in [0.717, 1.165) is 6.42 Å². The number of carbonyl (C=O) groups is 2. The van der Waals surface area contributed by atoms with Crippen molar-refractivity contribution in [3.05, 3.63) is 0 Å². The summed E-state index contributed by atoms with van der Waals surface area (Å²) in [4.78, 5) is 26.4. The van der Waals surface area contributed by atoms with E-state index in [4.69, 9.17) is 9.47 Å².